The molecule has 15 heavy (non-hydrogen) atoms. The lowest BCUT2D eigenvalue weighted by molar-refractivity contribution is -0.136. The Kier molecular flexibility index (Phi) is 2.36. The maximum atomic E-state index is 10.6. The van der Waals surface area contributed by atoms with Crippen LogP contribution in [0.5, 0.6) is 0 Å². The summed E-state index contributed by atoms with van der Waals surface area (Å²) in [5, 5.41) is 13.2. The summed E-state index contributed by atoms with van der Waals surface area (Å²) in [6, 6.07) is 3.77. The van der Waals surface area contributed by atoms with Crippen molar-refractivity contribution in [1.82, 2.24) is 9.61 Å². The van der Waals surface area contributed by atoms with E-state index in [1.807, 2.05) is 19.1 Å². The van der Waals surface area contributed by atoms with Crippen molar-refractivity contribution in [3.05, 3.63) is 34.6 Å². The largest absolute Gasteiger partial charge is 0.481 e. The summed E-state index contributed by atoms with van der Waals surface area (Å²) < 4.78 is 1.59. The molecule has 0 fully saturated rings. The van der Waals surface area contributed by atoms with Crippen molar-refractivity contribution in [2.45, 2.75) is 13.3 Å². The van der Waals surface area contributed by atoms with E-state index in [4.69, 9.17) is 16.7 Å². The first-order chi connectivity index (χ1) is 7.08. The standard InChI is InChI=1S/C10H9ClN2O2/c1-6-2-3-13-8(4-6)10(11)7(12-13)5-9(14)15/h2-4H,5H2,1H3,(H,14,15). The number of aryl methyl sites for hydroxylation is 1. The zero-order valence-corrected chi connectivity index (χ0v) is 8.82. The number of aromatic nitrogens is 2. The Morgan fingerprint density at radius 2 is 2.40 bits per heavy atom. The van der Waals surface area contributed by atoms with E-state index in [1.165, 1.54) is 0 Å². The van der Waals surface area contributed by atoms with Gasteiger partial charge in [-0.25, -0.2) is 4.52 Å². The second-order valence-electron chi connectivity index (χ2n) is 3.37. The average molecular weight is 225 g/mol. The summed E-state index contributed by atoms with van der Waals surface area (Å²) in [6.45, 7) is 1.94. The molecule has 0 aliphatic carbocycles. The minimum atomic E-state index is -0.933. The van der Waals surface area contributed by atoms with Crippen LogP contribution < -0.4 is 0 Å². The van der Waals surface area contributed by atoms with Gasteiger partial charge in [0, 0.05) is 6.20 Å². The van der Waals surface area contributed by atoms with E-state index in [1.54, 1.807) is 10.7 Å². The molecule has 2 aromatic heterocycles. The van der Waals surface area contributed by atoms with Crippen LogP contribution in [0.2, 0.25) is 5.02 Å². The third-order valence-corrected chi connectivity index (χ3v) is 2.53. The number of hydrogen-bond donors (Lipinski definition) is 1. The lowest BCUT2D eigenvalue weighted by Gasteiger charge is -1.93. The number of rotatable bonds is 2. The number of halogens is 1. The molecule has 2 heterocycles. The topological polar surface area (TPSA) is 54.6 Å². The summed E-state index contributed by atoms with van der Waals surface area (Å²) in [6.07, 6.45) is 1.61. The quantitative estimate of drug-likeness (QED) is 0.848. The first-order valence-electron chi connectivity index (χ1n) is 4.43. The maximum Gasteiger partial charge on any atom is 0.309 e. The van der Waals surface area contributed by atoms with Crippen molar-refractivity contribution in [2.75, 3.05) is 0 Å². The molecule has 0 amide bonds. The highest BCUT2D eigenvalue weighted by Gasteiger charge is 2.13. The molecular formula is C10H9ClN2O2. The Morgan fingerprint density at radius 1 is 1.67 bits per heavy atom. The predicted molar refractivity (Wildman–Crippen MR) is 56.3 cm³/mol. The number of pyridine rings is 1. The molecular weight excluding hydrogens is 216 g/mol. The van der Waals surface area contributed by atoms with Crippen LogP contribution in [-0.2, 0) is 11.2 Å². The first-order valence-corrected chi connectivity index (χ1v) is 4.81. The Labute approximate surface area is 91.1 Å². The number of hydrogen-bond acceptors (Lipinski definition) is 2. The van der Waals surface area contributed by atoms with E-state index in [9.17, 15) is 4.79 Å². The number of nitrogens with zero attached hydrogens (tertiary/aromatic N) is 2. The molecule has 0 saturated heterocycles. The molecule has 0 radical (unpaired) electrons. The van der Waals surface area contributed by atoms with Crippen LogP contribution in [0.1, 0.15) is 11.3 Å². The second-order valence-corrected chi connectivity index (χ2v) is 3.74. The monoisotopic (exact) mass is 224 g/mol. The summed E-state index contributed by atoms with van der Waals surface area (Å²) in [7, 11) is 0. The highest BCUT2D eigenvalue weighted by molar-refractivity contribution is 6.34. The van der Waals surface area contributed by atoms with Gasteiger partial charge in [0.1, 0.15) is 0 Å². The molecule has 2 aromatic rings. The molecule has 2 rings (SSSR count). The number of carbonyl (C=O) groups is 1. The number of aliphatic carboxylic acids is 1. The van der Waals surface area contributed by atoms with Gasteiger partial charge < -0.3 is 5.11 Å². The molecule has 0 saturated carbocycles. The fourth-order valence-electron chi connectivity index (χ4n) is 1.43. The van der Waals surface area contributed by atoms with Gasteiger partial charge in [-0.1, -0.05) is 11.6 Å². The van der Waals surface area contributed by atoms with E-state index in [0.717, 1.165) is 11.1 Å². The van der Waals surface area contributed by atoms with Crippen molar-refractivity contribution in [2.24, 2.45) is 0 Å². The van der Waals surface area contributed by atoms with E-state index in [-0.39, 0.29) is 6.42 Å². The van der Waals surface area contributed by atoms with Gasteiger partial charge in [-0.15, -0.1) is 0 Å². The van der Waals surface area contributed by atoms with Crippen molar-refractivity contribution in [3.63, 3.8) is 0 Å². The lowest BCUT2D eigenvalue weighted by Crippen LogP contribution is -2.01. The van der Waals surface area contributed by atoms with Crippen LogP contribution >= 0.6 is 11.6 Å². The Hall–Kier alpha value is -1.55. The molecule has 0 unspecified atom stereocenters. The van der Waals surface area contributed by atoms with Crippen LogP contribution in [0, 0.1) is 6.92 Å². The molecule has 5 heteroatoms. The minimum absolute atomic E-state index is 0.153. The van der Waals surface area contributed by atoms with Crippen LogP contribution in [-0.4, -0.2) is 20.7 Å². The van der Waals surface area contributed by atoms with Crippen LogP contribution in [0.15, 0.2) is 18.3 Å². The second kappa shape index (κ2) is 3.55. The fourth-order valence-corrected chi connectivity index (χ4v) is 1.67. The van der Waals surface area contributed by atoms with Crippen LogP contribution in [0.25, 0.3) is 5.52 Å². The van der Waals surface area contributed by atoms with Crippen LogP contribution in [0.4, 0.5) is 0 Å². The molecule has 1 N–H and O–H groups in total. The first kappa shape index (κ1) is 9.98. The van der Waals surface area contributed by atoms with E-state index < -0.39 is 5.97 Å². The molecule has 0 aromatic carbocycles. The molecule has 78 valence electrons. The summed E-state index contributed by atoms with van der Waals surface area (Å²) in [4.78, 5) is 10.6. The molecule has 0 spiro atoms. The van der Waals surface area contributed by atoms with Gasteiger partial charge in [0.25, 0.3) is 0 Å². The molecule has 0 aliphatic rings. The van der Waals surface area contributed by atoms with Crippen molar-refractivity contribution < 1.29 is 9.90 Å². The molecule has 0 atom stereocenters. The van der Waals surface area contributed by atoms with Gasteiger partial charge in [0.15, 0.2) is 0 Å². The smallest absolute Gasteiger partial charge is 0.309 e. The Morgan fingerprint density at radius 3 is 3.07 bits per heavy atom. The Balaban J connectivity index is 2.59. The lowest BCUT2D eigenvalue weighted by atomic mass is 10.2. The highest BCUT2D eigenvalue weighted by atomic mass is 35.5. The molecule has 0 bridgehead atoms. The minimum Gasteiger partial charge on any atom is -0.481 e. The van der Waals surface area contributed by atoms with Gasteiger partial charge in [-0.05, 0) is 24.6 Å². The molecule has 4 nitrogen and oxygen atoms in total. The number of fused-ring (bicyclic) bond motifs is 1. The van der Waals surface area contributed by atoms with E-state index in [2.05, 4.69) is 5.10 Å². The average Bonchev–Trinajstić information content (AvgIpc) is 2.44. The normalized spacial score (nSPS) is 10.8. The van der Waals surface area contributed by atoms with Crippen LogP contribution in [0.3, 0.4) is 0 Å². The van der Waals surface area contributed by atoms with Crippen molar-refractivity contribution in [3.8, 4) is 0 Å². The number of carboxylic acid groups (broad SMARTS) is 1. The van der Waals surface area contributed by atoms with Gasteiger partial charge >= 0.3 is 5.97 Å². The van der Waals surface area contributed by atoms with Gasteiger partial charge in [-0.2, -0.15) is 5.10 Å². The Bertz CT molecular complexity index is 533. The highest BCUT2D eigenvalue weighted by Crippen LogP contribution is 2.22. The van der Waals surface area contributed by atoms with Gasteiger partial charge in [0.05, 0.1) is 22.7 Å². The SMILES string of the molecule is Cc1ccn2nc(CC(=O)O)c(Cl)c2c1. The predicted octanol–water partition coefficient (Wildman–Crippen LogP) is 1.92. The third-order valence-electron chi connectivity index (χ3n) is 2.12. The number of carboxylic acids is 1. The van der Waals surface area contributed by atoms with Gasteiger partial charge in [-0.3, -0.25) is 4.79 Å². The maximum absolute atomic E-state index is 10.6. The zero-order valence-electron chi connectivity index (χ0n) is 8.07. The van der Waals surface area contributed by atoms with E-state index in [0.29, 0.717) is 10.7 Å². The van der Waals surface area contributed by atoms with E-state index >= 15 is 0 Å². The summed E-state index contributed by atoms with van der Waals surface area (Å²) >= 11 is 6.03. The summed E-state index contributed by atoms with van der Waals surface area (Å²) in [5.41, 5.74) is 2.20. The van der Waals surface area contributed by atoms with Crippen molar-refractivity contribution in [1.29, 1.82) is 0 Å². The fraction of sp³-hybridized carbons (Fsp3) is 0.200. The summed E-state index contributed by atoms with van der Waals surface area (Å²) in [5.74, 6) is -0.933. The van der Waals surface area contributed by atoms with Crippen molar-refractivity contribution >= 4 is 23.1 Å². The third kappa shape index (κ3) is 1.80. The zero-order chi connectivity index (χ0) is 11.0. The van der Waals surface area contributed by atoms with Gasteiger partial charge in [0.2, 0.25) is 0 Å². The molecule has 0 aliphatic heterocycles.